The first-order valence-corrected chi connectivity index (χ1v) is 8.47. The molecule has 1 aromatic carbocycles. The molecule has 3 aromatic rings. The van der Waals surface area contributed by atoms with Gasteiger partial charge in [0, 0.05) is 43.3 Å². The summed E-state index contributed by atoms with van der Waals surface area (Å²) < 4.78 is 18.6. The van der Waals surface area contributed by atoms with Crippen LogP contribution in [0, 0.1) is 5.82 Å². The number of amides is 2. The van der Waals surface area contributed by atoms with E-state index in [0.717, 1.165) is 0 Å². The Hall–Kier alpha value is -3.42. The monoisotopic (exact) mass is 369 g/mol. The van der Waals surface area contributed by atoms with Crippen molar-refractivity contribution in [3.05, 3.63) is 59.9 Å². The van der Waals surface area contributed by atoms with Crippen LogP contribution in [-0.4, -0.2) is 58.6 Å². The van der Waals surface area contributed by atoms with Gasteiger partial charge in [-0.25, -0.2) is 4.39 Å². The molecule has 0 unspecified atom stereocenters. The number of aromatic nitrogens is 1. The average Bonchev–Trinajstić information content (AvgIpc) is 3.36. The second-order valence-electron chi connectivity index (χ2n) is 6.28. The van der Waals surface area contributed by atoms with E-state index in [1.807, 2.05) is 0 Å². The Kier molecular flexibility index (Phi) is 4.23. The minimum absolute atomic E-state index is 0.142. The molecule has 0 saturated carbocycles. The summed E-state index contributed by atoms with van der Waals surface area (Å²) in [6, 6.07) is 7.25. The third-order valence-corrected chi connectivity index (χ3v) is 4.67. The number of Topliss-reactive ketones (excluding diaryl/α,β-unsaturated/α-hetero) is 1. The van der Waals surface area contributed by atoms with E-state index in [4.69, 9.17) is 4.42 Å². The number of piperazine rings is 1. The molecule has 0 atom stereocenters. The molecule has 3 heterocycles. The molecule has 1 fully saturated rings. The van der Waals surface area contributed by atoms with Gasteiger partial charge in [-0.1, -0.05) is 0 Å². The third kappa shape index (κ3) is 3.10. The summed E-state index contributed by atoms with van der Waals surface area (Å²) in [7, 11) is 0. The van der Waals surface area contributed by atoms with Crippen LogP contribution in [0.1, 0.15) is 20.9 Å². The summed E-state index contributed by atoms with van der Waals surface area (Å²) in [5, 5.41) is 0.375. The van der Waals surface area contributed by atoms with Crippen molar-refractivity contribution in [2.45, 2.75) is 0 Å². The van der Waals surface area contributed by atoms with Crippen molar-refractivity contribution in [1.82, 2.24) is 14.8 Å². The lowest BCUT2D eigenvalue weighted by Crippen LogP contribution is -2.52. The number of furan rings is 1. The van der Waals surface area contributed by atoms with Crippen LogP contribution >= 0.6 is 0 Å². The first-order chi connectivity index (χ1) is 13.0. The van der Waals surface area contributed by atoms with Crippen molar-refractivity contribution in [3.63, 3.8) is 0 Å². The van der Waals surface area contributed by atoms with Gasteiger partial charge in [-0.05, 0) is 30.3 Å². The fraction of sp³-hybridized carbons (Fsp3) is 0.211. The lowest BCUT2D eigenvalue weighted by Gasteiger charge is -2.33. The Labute approximate surface area is 153 Å². The van der Waals surface area contributed by atoms with Gasteiger partial charge in [0.15, 0.2) is 5.76 Å². The molecule has 2 aromatic heterocycles. The van der Waals surface area contributed by atoms with E-state index in [1.54, 1.807) is 17.0 Å². The highest BCUT2D eigenvalue weighted by atomic mass is 19.1. The van der Waals surface area contributed by atoms with Crippen LogP contribution in [0.4, 0.5) is 4.39 Å². The Morgan fingerprint density at radius 1 is 1.04 bits per heavy atom. The highest BCUT2D eigenvalue weighted by Crippen LogP contribution is 2.21. The van der Waals surface area contributed by atoms with Crippen LogP contribution in [0.5, 0.6) is 0 Å². The smallest absolute Gasteiger partial charge is 0.295 e. The van der Waals surface area contributed by atoms with Crippen LogP contribution in [0.3, 0.4) is 0 Å². The summed E-state index contributed by atoms with van der Waals surface area (Å²) >= 11 is 0. The third-order valence-electron chi connectivity index (χ3n) is 4.67. The summed E-state index contributed by atoms with van der Waals surface area (Å²) in [6.07, 6.45) is 2.84. The second-order valence-corrected chi connectivity index (χ2v) is 6.28. The van der Waals surface area contributed by atoms with Gasteiger partial charge in [0.2, 0.25) is 0 Å². The summed E-state index contributed by atoms with van der Waals surface area (Å²) in [6.45, 7) is 1.10. The lowest BCUT2D eigenvalue weighted by molar-refractivity contribution is -0.127. The normalized spacial score (nSPS) is 14.6. The molecule has 1 aliphatic rings. The molecule has 0 radical (unpaired) electrons. The number of H-pyrrole nitrogens is 1. The Morgan fingerprint density at radius 3 is 2.48 bits per heavy atom. The van der Waals surface area contributed by atoms with E-state index in [9.17, 15) is 18.8 Å². The zero-order chi connectivity index (χ0) is 19.0. The molecule has 4 rings (SSSR count). The molecule has 0 spiro atoms. The number of halogens is 1. The molecule has 2 amide bonds. The summed E-state index contributed by atoms with van der Waals surface area (Å²) in [5.74, 6) is -1.84. The highest BCUT2D eigenvalue weighted by molar-refractivity contribution is 6.44. The number of ketones is 1. The van der Waals surface area contributed by atoms with Gasteiger partial charge in [0.05, 0.1) is 11.8 Å². The number of fused-ring (bicyclic) bond motifs is 1. The summed E-state index contributed by atoms with van der Waals surface area (Å²) in [4.78, 5) is 43.3. The van der Waals surface area contributed by atoms with Crippen LogP contribution in [0.15, 0.2) is 47.2 Å². The van der Waals surface area contributed by atoms with Crippen LogP contribution in [-0.2, 0) is 4.79 Å². The van der Waals surface area contributed by atoms with Crippen molar-refractivity contribution in [2.75, 3.05) is 26.2 Å². The van der Waals surface area contributed by atoms with Crippen LogP contribution in [0.25, 0.3) is 10.9 Å². The van der Waals surface area contributed by atoms with Gasteiger partial charge in [0.25, 0.3) is 17.6 Å². The maximum absolute atomic E-state index is 13.5. The Balaban J connectivity index is 1.45. The largest absolute Gasteiger partial charge is 0.459 e. The average molecular weight is 369 g/mol. The van der Waals surface area contributed by atoms with Crippen molar-refractivity contribution in [2.24, 2.45) is 0 Å². The van der Waals surface area contributed by atoms with Gasteiger partial charge < -0.3 is 19.2 Å². The number of nitrogens with zero attached hydrogens (tertiary/aromatic N) is 2. The maximum Gasteiger partial charge on any atom is 0.295 e. The number of rotatable bonds is 3. The van der Waals surface area contributed by atoms with Gasteiger partial charge >= 0.3 is 0 Å². The number of aromatic amines is 1. The molecular weight excluding hydrogens is 353 g/mol. The number of nitrogens with one attached hydrogen (secondary N) is 1. The Morgan fingerprint density at radius 2 is 1.78 bits per heavy atom. The minimum atomic E-state index is -0.697. The van der Waals surface area contributed by atoms with E-state index in [0.29, 0.717) is 24.0 Å². The van der Waals surface area contributed by atoms with E-state index in [-0.39, 0.29) is 30.3 Å². The van der Waals surface area contributed by atoms with Gasteiger partial charge in [-0.2, -0.15) is 0 Å². The molecule has 1 saturated heterocycles. The van der Waals surface area contributed by atoms with Gasteiger partial charge in [-0.15, -0.1) is 0 Å². The molecule has 7 nitrogen and oxygen atoms in total. The molecule has 8 heteroatoms. The zero-order valence-electron chi connectivity index (χ0n) is 14.3. The molecule has 1 aliphatic heterocycles. The quantitative estimate of drug-likeness (QED) is 0.566. The SMILES string of the molecule is O=C(C(=O)N1CCN(C(=O)c2ccco2)CC1)c1c[nH]c2ccc(F)cc12. The predicted octanol–water partition coefficient (Wildman–Crippen LogP) is 2.07. The fourth-order valence-electron chi connectivity index (χ4n) is 3.21. The Bertz CT molecular complexity index is 1020. The summed E-state index contributed by atoms with van der Waals surface area (Å²) in [5.41, 5.74) is 0.727. The second kappa shape index (κ2) is 6.71. The number of carbonyl (C=O) groups excluding carboxylic acids is 3. The molecule has 0 bridgehead atoms. The number of hydrogen-bond acceptors (Lipinski definition) is 4. The molecular formula is C19H16FN3O4. The molecule has 0 aliphatic carbocycles. The van der Waals surface area contributed by atoms with E-state index < -0.39 is 17.5 Å². The van der Waals surface area contributed by atoms with Crippen LogP contribution in [0.2, 0.25) is 0 Å². The number of carbonyl (C=O) groups is 3. The fourth-order valence-corrected chi connectivity index (χ4v) is 3.21. The molecule has 1 N–H and O–H groups in total. The van der Waals surface area contributed by atoms with Crippen molar-refractivity contribution in [3.8, 4) is 0 Å². The van der Waals surface area contributed by atoms with Crippen molar-refractivity contribution in [1.29, 1.82) is 0 Å². The maximum atomic E-state index is 13.5. The molecule has 138 valence electrons. The van der Waals surface area contributed by atoms with Gasteiger partial charge in [0.1, 0.15) is 5.82 Å². The zero-order valence-corrected chi connectivity index (χ0v) is 14.3. The highest BCUT2D eigenvalue weighted by Gasteiger charge is 2.30. The first kappa shape index (κ1) is 17.0. The van der Waals surface area contributed by atoms with Crippen molar-refractivity contribution >= 4 is 28.5 Å². The topological polar surface area (TPSA) is 86.6 Å². The first-order valence-electron chi connectivity index (χ1n) is 8.47. The van der Waals surface area contributed by atoms with Crippen molar-refractivity contribution < 1.29 is 23.2 Å². The van der Waals surface area contributed by atoms with Crippen LogP contribution < -0.4 is 0 Å². The minimum Gasteiger partial charge on any atom is -0.459 e. The number of hydrogen-bond donors (Lipinski definition) is 1. The van der Waals surface area contributed by atoms with Gasteiger partial charge in [-0.3, -0.25) is 14.4 Å². The lowest BCUT2D eigenvalue weighted by atomic mass is 10.1. The number of benzene rings is 1. The standard InChI is InChI=1S/C19H16FN3O4/c20-12-3-4-15-13(10-12)14(11-21-15)17(24)19(26)23-7-5-22(6-8-23)18(25)16-2-1-9-27-16/h1-4,9-11,21H,5-8H2. The predicted molar refractivity (Wildman–Crippen MR) is 93.8 cm³/mol. The van der Waals surface area contributed by atoms with E-state index in [2.05, 4.69) is 4.98 Å². The van der Waals surface area contributed by atoms with E-state index >= 15 is 0 Å². The van der Waals surface area contributed by atoms with E-state index in [1.165, 1.54) is 35.6 Å². The molecule has 27 heavy (non-hydrogen) atoms.